The van der Waals surface area contributed by atoms with Crippen LogP contribution in [0.4, 0.5) is 0 Å². The predicted molar refractivity (Wildman–Crippen MR) is 54.9 cm³/mol. The molecule has 3 unspecified atom stereocenters. The Morgan fingerprint density at radius 2 is 2.21 bits per heavy atom. The predicted octanol–water partition coefficient (Wildman–Crippen LogP) is 0.141. The van der Waals surface area contributed by atoms with Crippen molar-refractivity contribution in [2.24, 2.45) is 5.73 Å². The third-order valence-corrected chi connectivity index (χ3v) is 4.50. The van der Waals surface area contributed by atoms with Gasteiger partial charge in [0.15, 0.2) is 0 Å². The molecular weight excluding hydrogens is 224 g/mol. The zero-order valence-corrected chi connectivity index (χ0v) is 9.43. The molecule has 6 heteroatoms. The van der Waals surface area contributed by atoms with Crippen molar-refractivity contribution < 1.29 is 9.59 Å². The summed E-state index contributed by atoms with van der Waals surface area (Å²) in [5.41, 5.74) is 5.62. The number of hydrogen-bond acceptors (Lipinski definition) is 4. The van der Waals surface area contributed by atoms with Gasteiger partial charge in [-0.1, -0.05) is 0 Å². The summed E-state index contributed by atoms with van der Waals surface area (Å²) in [5, 5.41) is -0.560. The Bertz CT molecular complexity index is 320. The molecule has 0 aromatic heterocycles. The summed E-state index contributed by atoms with van der Waals surface area (Å²) in [6.45, 7) is 3.81. The highest BCUT2D eigenvalue weighted by Crippen LogP contribution is 2.50. The molecule has 2 aliphatic rings. The zero-order chi connectivity index (χ0) is 10.7. The number of hydrogen-bond donors (Lipinski definition) is 1. The number of rotatable bonds is 1. The molecule has 2 N–H and O–H groups in total. The van der Waals surface area contributed by atoms with E-state index < -0.39 is 17.3 Å². The minimum Gasteiger partial charge on any atom is -0.317 e. The number of thioether (sulfide) groups is 1. The Morgan fingerprint density at radius 1 is 1.64 bits per heavy atom. The number of nitrogens with two attached hydrogens (primary N) is 1. The van der Waals surface area contributed by atoms with E-state index in [1.165, 1.54) is 4.90 Å². The first kappa shape index (κ1) is 10.3. The molecule has 0 aromatic carbocycles. The minimum atomic E-state index is -0.536. The normalized spacial score (nSPS) is 39.3. The second kappa shape index (κ2) is 2.87. The van der Waals surface area contributed by atoms with Crippen LogP contribution in [0.15, 0.2) is 0 Å². The average molecular weight is 235 g/mol. The minimum absolute atomic E-state index is 0.0785. The second-order valence-electron chi connectivity index (χ2n) is 4.09. The van der Waals surface area contributed by atoms with Crippen molar-refractivity contribution in [3.05, 3.63) is 0 Å². The summed E-state index contributed by atoms with van der Waals surface area (Å²) in [5.74, 6) is -0.174. The SMILES string of the molecule is CC1(C)SC2C(N)C(=O)N2C1C(=O)Cl. The van der Waals surface area contributed by atoms with E-state index in [0.717, 1.165) is 0 Å². The standard InChI is InChI=1S/C8H11ClN2O2S/c1-8(2)4(5(9)12)11-6(13)3(10)7(11)14-8/h3-4,7H,10H2,1-2H3. The fourth-order valence-electron chi connectivity index (χ4n) is 2.01. The Labute approximate surface area is 91.1 Å². The molecule has 2 rings (SSSR count). The van der Waals surface area contributed by atoms with Gasteiger partial charge < -0.3 is 10.6 Å². The van der Waals surface area contributed by atoms with Gasteiger partial charge in [0.1, 0.15) is 17.5 Å². The number of carbonyl (C=O) groups excluding carboxylic acids is 2. The van der Waals surface area contributed by atoms with E-state index in [9.17, 15) is 9.59 Å². The van der Waals surface area contributed by atoms with Crippen LogP contribution in [-0.4, -0.2) is 38.3 Å². The molecule has 2 fully saturated rings. The van der Waals surface area contributed by atoms with E-state index in [1.807, 2.05) is 13.8 Å². The van der Waals surface area contributed by atoms with Gasteiger partial charge in [-0.05, 0) is 25.4 Å². The highest BCUT2D eigenvalue weighted by Gasteiger charge is 2.62. The number of nitrogens with zero attached hydrogens (tertiary/aromatic N) is 1. The summed E-state index contributed by atoms with van der Waals surface area (Å²) < 4.78 is -0.340. The first-order valence-corrected chi connectivity index (χ1v) is 5.57. The van der Waals surface area contributed by atoms with Crippen LogP contribution in [0.5, 0.6) is 0 Å². The highest BCUT2D eigenvalue weighted by molar-refractivity contribution is 8.01. The Hall–Kier alpha value is -0.260. The number of fused-ring (bicyclic) bond motifs is 1. The van der Waals surface area contributed by atoms with Gasteiger partial charge in [-0.2, -0.15) is 0 Å². The molecule has 0 saturated carbocycles. The van der Waals surface area contributed by atoms with Gasteiger partial charge in [-0.25, -0.2) is 0 Å². The van der Waals surface area contributed by atoms with Crippen molar-refractivity contribution in [3.63, 3.8) is 0 Å². The van der Waals surface area contributed by atoms with Crippen molar-refractivity contribution in [3.8, 4) is 0 Å². The first-order chi connectivity index (χ1) is 6.36. The van der Waals surface area contributed by atoms with Gasteiger partial charge in [0, 0.05) is 4.75 Å². The smallest absolute Gasteiger partial charge is 0.245 e. The largest absolute Gasteiger partial charge is 0.317 e. The quantitative estimate of drug-likeness (QED) is 0.518. The maximum absolute atomic E-state index is 11.4. The van der Waals surface area contributed by atoms with Crippen LogP contribution < -0.4 is 5.73 Å². The van der Waals surface area contributed by atoms with Crippen molar-refractivity contribution in [2.45, 2.75) is 36.1 Å². The van der Waals surface area contributed by atoms with Crippen molar-refractivity contribution in [1.82, 2.24) is 4.90 Å². The van der Waals surface area contributed by atoms with Crippen LogP contribution in [-0.2, 0) is 9.59 Å². The molecule has 0 radical (unpaired) electrons. The Balaban J connectivity index is 2.32. The van der Waals surface area contributed by atoms with E-state index in [0.29, 0.717) is 0 Å². The van der Waals surface area contributed by atoms with Gasteiger partial charge >= 0.3 is 0 Å². The summed E-state index contributed by atoms with van der Waals surface area (Å²) in [7, 11) is 0. The third kappa shape index (κ3) is 1.12. The van der Waals surface area contributed by atoms with Crippen LogP contribution >= 0.6 is 23.4 Å². The zero-order valence-electron chi connectivity index (χ0n) is 7.86. The third-order valence-electron chi connectivity index (χ3n) is 2.70. The summed E-state index contributed by atoms with van der Waals surface area (Å²) >= 11 is 7.03. The molecule has 1 amide bonds. The fraction of sp³-hybridized carbons (Fsp3) is 0.750. The van der Waals surface area contributed by atoms with Crippen LogP contribution in [0, 0.1) is 0 Å². The van der Waals surface area contributed by atoms with Crippen LogP contribution in [0.1, 0.15) is 13.8 Å². The highest BCUT2D eigenvalue weighted by atomic mass is 35.5. The molecule has 2 saturated heterocycles. The van der Waals surface area contributed by atoms with E-state index in [-0.39, 0.29) is 16.0 Å². The van der Waals surface area contributed by atoms with E-state index in [4.69, 9.17) is 17.3 Å². The van der Waals surface area contributed by atoms with Crippen LogP contribution in [0.3, 0.4) is 0 Å². The van der Waals surface area contributed by atoms with Crippen LogP contribution in [0.2, 0.25) is 0 Å². The summed E-state index contributed by atoms with van der Waals surface area (Å²) in [6, 6.07) is -1.01. The molecule has 0 aliphatic carbocycles. The Morgan fingerprint density at radius 3 is 2.71 bits per heavy atom. The average Bonchev–Trinajstić information content (AvgIpc) is 2.34. The monoisotopic (exact) mass is 234 g/mol. The van der Waals surface area contributed by atoms with Crippen molar-refractivity contribution >= 4 is 34.5 Å². The second-order valence-corrected chi connectivity index (χ2v) is 6.23. The van der Waals surface area contributed by atoms with E-state index >= 15 is 0 Å². The molecule has 0 aromatic rings. The number of halogens is 1. The molecular formula is C8H11ClN2O2S. The molecule has 2 aliphatic heterocycles. The lowest BCUT2D eigenvalue weighted by Gasteiger charge is -2.41. The summed E-state index contributed by atoms with van der Waals surface area (Å²) in [4.78, 5) is 24.1. The fourth-order valence-corrected chi connectivity index (χ4v) is 4.02. The van der Waals surface area contributed by atoms with Crippen molar-refractivity contribution in [2.75, 3.05) is 0 Å². The maximum Gasteiger partial charge on any atom is 0.245 e. The molecule has 0 spiro atoms. The summed E-state index contributed by atoms with van der Waals surface area (Å²) in [6.07, 6.45) is 0. The van der Waals surface area contributed by atoms with Crippen molar-refractivity contribution in [1.29, 1.82) is 0 Å². The molecule has 2 heterocycles. The maximum atomic E-state index is 11.4. The molecule has 4 nitrogen and oxygen atoms in total. The topological polar surface area (TPSA) is 63.4 Å². The lowest BCUT2D eigenvalue weighted by molar-refractivity contribution is -0.149. The van der Waals surface area contributed by atoms with E-state index in [1.54, 1.807) is 11.8 Å². The van der Waals surface area contributed by atoms with Gasteiger partial charge in [0.2, 0.25) is 11.1 Å². The van der Waals surface area contributed by atoms with Gasteiger partial charge in [0.05, 0.1) is 0 Å². The van der Waals surface area contributed by atoms with Gasteiger partial charge in [0.25, 0.3) is 0 Å². The lowest BCUT2D eigenvalue weighted by Crippen LogP contribution is -2.68. The first-order valence-electron chi connectivity index (χ1n) is 4.31. The Kier molecular flexibility index (Phi) is 2.10. The number of carbonyl (C=O) groups is 2. The number of β-lactam (4-membered cyclic amide) rings is 1. The molecule has 0 bridgehead atoms. The molecule has 3 atom stereocenters. The number of amides is 1. The van der Waals surface area contributed by atoms with Gasteiger partial charge in [-0.3, -0.25) is 9.59 Å². The molecule has 78 valence electrons. The molecule has 14 heavy (non-hydrogen) atoms. The van der Waals surface area contributed by atoms with E-state index in [2.05, 4.69) is 0 Å². The van der Waals surface area contributed by atoms with Crippen LogP contribution in [0.25, 0.3) is 0 Å². The lowest BCUT2D eigenvalue weighted by atomic mass is 9.97. The van der Waals surface area contributed by atoms with Gasteiger partial charge in [-0.15, -0.1) is 11.8 Å².